The first-order chi connectivity index (χ1) is 14.7. The van der Waals surface area contributed by atoms with Crippen LogP contribution in [0.4, 0.5) is 0 Å². The Bertz CT molecular complexity index is 908. The summed E-state index contributed by atoms with van der Waals surface area (Å²) in [6, 6.07) is 23.0. The fourth-order valence-electron chi connectivity index (χ4n) is 4.15. The summed E-state index contributed by atoms with van der Waals surface area (Å²) < 4.78 is 0. The standard InChI is InChI=1S/C27H32N2O/c1-2-3-16-25(24-15-9-18-29-20-24)23-14-7-10-21(19-23)11-8-17-26(27(28)30)22-12-5-4-6-13-22/h4-7,9-10,12-15,18-20,25-26H,2-3,8,11,16-17H2,1H3,(H2,28,30). The molecule has 2 N–H and O–H groups in total. The second-order valence-corrected chi connectivity index (χ2v) is 7.98. The molecule has 1 aromatic heterocycles. The number of benzene rings is 2. The van der Waals surface area contributed by atoms with Crippen LogP contribution in [-0.2, 0) is 11.2 Å². The number of primary amides is 1. The molecule has 156 valence electrons. The average molecular weight is 401 g/mol. The van der Waals surface area contributed by atoms with Crippen molar-refractivity contribution in [3.05, 3.63) is 101 Å². The number of unbranched alkanes of at least 4 members (excludes halogenated alkanes) is 1. The van der Waals surface area contributed by atoms with Gasteiger partial charge in [-0.15, -0.1) is 0 Å². The molecule has 0 bridgehead atoms. The molecule has 1 amide bonds. The molecule has 2 aromatic carbocycles. The fraction of sp³-hybridized carbons (Fsp3) is 0.333. The van der Waals surface area contributed by atoms with Crippen LogP contribution in [0.15, 0.2) is 79.1 Å². The molecule has 0 aliphatic rings. The lowest BCUT2D eigenvalue weighted by molar-refractivity contribution is -0.119. The van der Waals surface area contributed by atoms with Crippen molar-refractivity contribution in [1.29, 1.82) is 0 Å². The molecule has 0 saturated heterocycles. The summed E-state index contributed by atoms with van der Waals surface area (Å²) in [6.45, 7) is 2.23. The number of pyridine rings is 1. The molecule has 1 heterocycles. The van der Waals surface area contributed by atoms with Crippen LogP contribution in [0.3, 0.4) is 0 Å². The summed E-state index contributed by atoms with van der Waals surface area (Å²) in [5.74, 6) is -0.0884. The minimum absolute atomic E-state index is 0.220. The van der Waals surface area contributed by atoms with Gasteiger partial charge < -0.3 is 5.73 Å². The Labute approximate surface area is 180 Å². The average Bonchev–Trinajstić information content (AvgIpc) is 2.78. The Balaban J connectivity index is 1.69. The van der Waals surface area contributed by atoms with Gasteiger partial charge >= 0.3 is 0 Å². The lowest BCUT2D eigenvalue weighted by Gasteiger charge is -2.19. The Morgan fingerprint density at radius 1 is 0.900 bits per heavy atom. The number of aryl methyl sites for hydroxylation is 1. The van der Waals surface area contributed by atoms with Crippen molar-refractivity contribution in [1.82, 2.24) is 4.98 Å². The highest BCUT2D eigenvalue weighted by atomic mass is 16.1. The number of amides is 1. The largest absolute Gasteiger partial charge is 0.369 e. The second kappa shape index (κ2) is 11.3. The normalized spacial score (nSPS) is 13.0. The first-order valence-electron chi connectivity index (χ1n) is 11.0. The van der Waals surface area contributed by atoms with Gasteiger partial charge in [0, 0.05) is 18.3 Å². The van der Waals surface area contributed by atoms with Crippen molar-refractivity contribution in [2.45, 2.75) is 57.3 Å². The minimum atomic E-state index is -0.244. The zero-order valence-corrected chi connectivity index (χ0v) is 17.8. The van der Waals surface area contributed by atoms with E-state index in [1.165, 1.54) is 29.5 Å². The topological polar surface area (TPSA) is 56.0 Å². The summed E-state index contributed by atoms with van der Waals surface area (Å²) in [7, 11) is 0. The van der Waals surface area contributed by atoms with Gasteiger partial charge in [-0.1, -0.05) is 80.4 Å². The molecular weight excluding hydrogens is 368 g/mol. The summed E-state index contributed by atoms with van der Waals surface area (Å²) in [4.78, 5) is 16.3. The monoisotopic (exact) mass is 400 g/mol. The van der Waals surface area contributed by atoms with Crippen molar-refractivity contribution in [3.63, 3.8) is 0 Å². The van der Waals surface area contributed by atoms with Crippen LogP contribution in [-0.4, -0.2) is 10.9 Å². The van der Waals surface area contributed by atoms with Crippen LogP contribution < -0.4 is 5.73 Å². The van der Waals surface area contributed by atoms with E-state index in [-0.39, 0.29) is 11.8 Å². The van der Waals surface area contributed by atoms with Gasteiger partial charge in [-0.3, -0.25) is 9.78 Å². The summed E-state index contributed by atoms with van der Waals surface area (Å²) in [6.07, 6.45) is 9.97. The van der Waals surface area contributed by atoms with Crippen LogP contribution >= 0.6 is 0 Å². The molecule has 2 atom stereocenters. The minimum Gasteiger partial charge on any atom is -0.369 e. The van der Waals surface area contributed by atoms with Crippen LogP contribution in [0.2, 0.25) is 0 Å². The van der Waals surface area contributed by atoms with Crippen LogP contribution in [0.1, 0.15) is 73.1 Å². The van der Waals surface area contributed by atoms with Gasteiger partial charge in [0.2, 0.25) is 5.91 Å². The number of carbonyl (C=O) groups is 1. The fourth-order valence-corrected chi connectivity index (χ4v) is 4.15. The molecule has 3 nitrogen and oxygen atoms in total. The van der Waals surface area contributed by atoms with E-state index >= 15 is 0 Å². The van der Waals surface area contributed by atoms with Gasteiger partial charge in [-0.05, 0) is 54.0 Å². The molecule has 0 aliphatic heterocycles. The smallest absolute Gasteiger partial charge is 0.224 e. The highest BCUT2D eigenvalue weighted by Crippen LogP contribution is 2.30. The van der Waals surface area contributed by atoms with Gasteiger partial charge in [0.1, 0.15) is 0 Å². The van der Waals surface area contributed by atoms with Crippen LogP contribution in [0.5, 0.6) is 0 Å². The molecular formula is C27H32N2O. The predicted octanol–water partition coefficient (Wildman–Crippen LogP) is 6.00. The highest BCUT2D eigenvalue weighted by molar-refractivity contribution is 5.81. The number of nitrogens with two attached hydrogens (primary N) is 1. The van der Waals surface area contributed by atoms with E-state index < -0.39 is 0 Å². The molecule has 0 spiro atoms. The Hall–Kier alpha value is -2.94. The van der Waals surface area contributed by atoms with Gasteiger partial charge in [0.25, 0.3) is 0 Å². The number of hydrogen-bond acceptors (Lipinski definition) is 2. The molecule has 3 heteroatoms. The van der Waals surface area contributed by atoms with Gasteiger partial charge in [0.15, 0.2) is 0 Å². The number of aromatic nitrogens is 1. The van der Waals surface area contributed by atoms with E-state index in [0.29, 0.717) is 5.92 Å². The lowest BCUT2D eigenvalue weighted by atomic mass is 9.86. The summed E-state index contributed by atoms with van der Waals surface area (Å²) >= 11 is 0. The van der Waals surface area contributed by atoms with Crippen LogP contribution in [0, 0.1) is 0 Å². The SMILES string of the molecule is CCCCC(c1cccnc1)c1cccc(CCCC(C(N)=O)c2ccccc2)c1. The molecule has 30 heavy (non-hydrogen) atoms. The van der Waals surface area contributed by atoms with E-state index in [0.717, 1.165) is 31.2 Å². The third-order valence-electron chi connectivity index (χ3n) is 5.79. The predicted molar refractivity (Wildman–Crippen MR) is 123 cm³/mol. The third kappa shape index (κ3) is 6.03. The Kier molecular flexibility index (Phi) is 8.20. The molecule has 3 aromatic rings. The number of carbonyl (C=O) groups excluding carboxylic acids is 1. The van der Waals surface area contributed by atoms with Crippen molar-refractivity contribution < 1.29 is 4.79 Å². The number of rotatable bonds is 11. The zero-order valence-electron chi connectivity index (χ0n) is 17.8. The third-order valence-corrected chi connectivity index (χ3v) is 5.79. The highest BCUT2D eigenvalue weighted by Gasteiger charge is 2.18. The zero-order chi connectivity index (χ0) is 21.2. The number of nitrogens with zero attached hydrogens (tertiary/aromatic N) is 1. The maximum atomic E-state index is 12.0. The maximum absolute atomic E-state index is 12.0. The second-order valence-electron chi connectivity index (χ2n) is 7.98. The van der Waals surface area contributed by atoms with Gasteiger partial charge in [0.05, 0.1) is 5.92 Å². The first kappa shape index (κ1) is 21.8. The van der Waals surface area contributed by atoms with E-state index in [9.17, 15) is 4.79 Å². The van der Waals surface area contributed by atoms with Crippen molar-refractivity contribution in [2.75, 3.05) is 0 Å². The lowest BCUT2D eigenvalue weighted by Crippen LogP contribution is -2.21. The van der Waals surface area contributed by atoms with Crippen LogP contribution in [0.25, 0.3) is 0 Å². The molecule has 0 radical (unpaired) electrons. The quantitative estimate of drug-likeness (QED) is 0.429. The van der Waals surface area contributed by atoms with Gasteiger partial charge in [-0.2, -0.15) is 0 Å². The summed E-state index contributed by atoms with van der Waals surface area (Å²) in [5.41, 5.74) is 10.6. The maximum Gasteiger partial charge on any atom is 0.224 e. The number of hydrogen-bond donors (Lipinski definition) is 1. The molecule has 0 aliphatic carbocycles. The van der Waals surface area contributed by atoms with E-state index in [1.807, 2.05) is 48.8 Å². The van der Waals surface area contributed by atoms with Crippen molar-refractivity contribution in [3.8, 4) is 0 Å². The molecule has 0 fully saturated rings. The van der Waals surface area contributed by atoms with E-state index in [4.69, 9.17) is 5.73 Å². The van der Waals surface area contributed by atoms with Gasteiger partial charge in [-0.25, -0.2) is 0 Å². The van der Waals surface area contributed by atoms with E-state index in [2.05, 4.69) is 42.2 Å². The molecule has 3 rings (SSSR count). The van der Waals surface area contributed by atoms with Crippen molar-refractivity contribution in [2.24, 2.45) is 5.73 Å². The Morgan fingerprint density at radius 2 is 1.67 bits per heavy atom. The first-order valence-corrected chi connectivity index (χ1v) is 11.0. The Morgan fingerprint density at radius 3 is 2.37 bits per heavy atom. The van der Waals surface area contributed by atoms with E-state index in [1.54, 1.807) is 0 Å². The summed E-state index contributed by atoms with van der Waals surface area (Å²) in [5, 5.41) is 0. The molecule has 2 unspecified atom stereocenters. The molecule has 0 saturated carbocycles. The van der Waals surface area contributed by atoms with Crippen molar-refractivity contribution >= 4 is 5.91 Å².